The Morgan fingerprint density at radius 2 is 1.94 bits per heavy atom. The first kappa shape index (κ1) is 11.5. The van der Waals surface area contributed by atoms with Crippen molar-refractivity contribution in [1.82, 2.24) is 9.97 Å². The number of nitrogens with one attached hydrogen (secondary N) is 1. The number of rotatable bonds is 1. The lowest BCUT2D eigenvalue weighted by molar-refractivity contribution is 1.36. The van der Waals surface area contributed by atoms with Crippen molar-refractivity contribution in [2.45, 2.75) is 0 Å². The molecule has 0 atom stereocenters. The van der Waals surface area contributed by atoms with E-state index in [1.54, 1.807) is 23.5 Å². The molecule has 1 N–H and O–H groups in total. The lowest BCUT2D eigenvalue weighted by Crippen LogP contribution is -1.72. The zero-order valence-electron chi connectivity index (χ0n) is 8.30. The summed E-state index contributed by atoms with van der Waals surface area (Å²) >= 11 is 17.0. The number of imidazole rings is 1. The quantitative estimate of drug-likeness (QED) is 0.630. The first-order valence-corrected chi connectivity index (χ1v) is 7.15. The molecule has 0 unspecified atom stereocenters. The highest BCUT2D eigenvalue weighted by atomic mass is 79.9. The second kappa shape index (κ2) is 4.28. The van der Waals surface area contributed by atoms with E-state index in [1.807, 2.05) is 11.4 Å². The zero-order valence-corrected chi connectivity index (χ0v) is 12.2. The Kier molecular flexibility index (Phi) is 2.91. The largest absolute Gasteiger partial charge is 0.337 e. The van der Waals surface area contributed by atoms with Crippen LogP contribution in [0.15, 0.2) is 28.1 Å². The number of nitrogens with zero attached hydrogens (tertiary/aromatic N) is 1. The minimum atomic E-state index is 0.518. The van der Waals surface area contributed by atoms with E-state index < -0.39 is 0 Å². The summed E-state index contributed by atoms with van der Waals surface area (Å²) < 4.78 is 1.05. The third kappa shape index (κ3) is 2.10. The van der Waals surface area contributed by atoms with Crippen LogP contribution in [0.3, 0.4) is 0 Å². The second-order valence-electron chi connectivity index (χ2n) is 3.50. The van der Waals surface area contributed by atoms with Gasteiger partial charge >= 0.3 is 0 Å². The Hall–Kier alpha value is -0.550. The molecule has 6 heteroatoms. The fraction of sp³-hybridized carbons (Fsp3) is 0. The highest BCUT2D eigenvalue weighted by Crippen LogP contribution is 2.32. The molecule has 3 rings (SSSR count). The first-order valence-electron chi connectivity index (χ1n) is 4.72. The minimum absolute atomic E-state index is 0.518. The van der Waals surface area contributed by atoms with E-state index in [4.69, 9.17) is 23.2 Å². The maximum atomic E-state index is 5.96. The molecule has 0 aliphatic heterocycles. The smallest absolute Gasteiger partial charge is 0.148 e. The average molecular weight is 348 g/mol. The highest BCUT2D eigenvalue weighted by molar-refractivity contribution is 9.10. The van der Waals surface area contributed by atoms with Crippen LogP contribution in [-0.4, -0.2) is 9.97 Å². The highest BCUT2D eigenvalue weighted by Gasteiger charge is 2.09. The van der Waals surface area contributed by atoms with Gasteiger partial charge < -0.3 is 4.98 Å². The van der Waals surface area contributed by atoms with Gasteiger partial charge in [0.1, 0.15) is 5.82 Å². The van der Waals surface area contributed by atoms with E-state index in [-0.39, 0.29) is 0 Å². The monoisotopic (exact) mass is 346 g/mol. The maximum absolute atomic E-state index is 5.96. The molecule has 2 aromatic heterocycles. The molecular formula is C11H5BrCl2N2S. The molecule has 0 amide bonds. The van der Waals surface area contributed by atoms with E-state index in [0.29, 0.717) is 10.0 Å². The number of aromatic amines is 1. The SMILES string of the molecule is Clc1cc2nc(-c3cc(Br)cs3)[nH]c2cc1Cl. The van der Waals surface area contributed by atoms with E-state index in [1.165, 1.54) is 0 Å². The summed E-state index contributed by atoms with van der Waals surface area (Å²) in [7, 11) is 0. The van der Waals surface area contributed by atoms with Gasteiger partial charge in [0.25, 0.3) is 0 Å². The van der Waals surface area contributed by atoms with Crippen molar-refractivity contribution in [2.75, 3.05) is 0 Å². The van der Waals surface area contributed by atoms with Gasteiger partial charge in [-0.2, -0.15) is 0 Å². The van der Waals surface area contributed by atoms with Crippen LogP contribution in [0.25, 0.3) is 21.7 Å². The summed E-state index contributed by atoms with van der Waals surface area (Å²) in [4.78, 5) is 8.79. The zero-order chi connectivity index (χ0) is 12.0. The maximum Gasteiger partial charge on any atom is 0.148 e. The van der Waals surface area contributed by atoms with Crippen molar-refractivity contribution >= 4 is 61.5 Å². The van der Waals surface area contributed by atoms with E-state index in [2.05, 4.69) is 25.9 Å². The van der Waals surface area contributed by atoms with Gasteiger partial charge in [0, 0.05) is 9.85 Å². The van der Waals surface area contributed by atoms with Gasteiger partial charge in [-0.25, -0.2) is 4.98 Å². The molecule has 2 nitrogen and oxygen atoms in total. The number of thiophene rings is 1. The fourth-order valence-electron chi connectivity index (χ4n) is 1.56. The minimum Gasteiger partial charge on any atom is -0.337 e. The van der Waals surface area contributed by atoms with Crippen LogP contribution >= 0.6 is 50.5 Å². The molecule has 0 radical (unpaired) electrons. The van der Waals surface area contributed by atoms with Gasteiger partial charge in [0.05, 0.1) is 26.0 Å². The molecule has 17 heavy (non-hydrogen) atoms. The van der Waals surface area contributed by atoms with Gasteiger partial charge in [-0.05, 0) is 34.1 Å². The predicted molar refractivity (Wildman–Crippen MR) is 77.1 cm³/mol. The van der Waals surface area contributed by atoms with Crippen molar-refractivity contribution in [3.63, 3.8) is 0 Å². The van der Waals surface area contributed by atoms with E-state index >= 15 is 0 Å². The van der Waals surface area contributed by atoms with Gasteiger partial charge in [-0.15, -0.1) is 11.3 Å². The summed E-state index contributed by atoms with van der Waals surface area (Å²) in [5.41, 5.74) is 1.71. The summed E-state index contributed by atoms with van der Waals surface area (Å²) in [6.45, 7) is 0. The van der Waals surface area contributed by atoms with Gasteiger partial charge in [-0.1, -0.05) is 23.2 Å². The molecule has 0 aliphatic rings. The molecule has 0 saturated heterocycles. The van der Waals surface area contributed by atoms with Crippen LogP contribution in [0.2, 0.25) is 10.0 Å². The van der Waals surface area contributed by atoms with Crippen LogP contribution in [-0.2, 0) is 0 Å². The number of halogens is 3. The number of fused-ring (bicyclic) bond motifs is 1. The van der Waals surface area contributed by atoms with Crippen molar-refractivity contribution in [3.05, 3.63) is 38.1 Å². The normalized spacial score (nSPS) is 11.2. The number of hydrogen-bond acceptors (Lipinski definition) is 2. The molecular weight excluding hydrogens is 343 g/mol. The van der Waals surface area contributed by atoms with Crippen LogP contribution in [0.5, 0.6) is 0 Å². The summed E-state index contributed by atoms with van der Waals surface area (Å²) in [6, 6.07) is 5.58. The van der Waals surface area contributed by atoms with Crippen molar-refractivity contribution in [3.8, 4) is 10.7 Å². The van der Waals surface area contributed by atoms with Gasteiger partial charge in [0.15, 0.2) is 0 Å². The van der Waals surface area contributed by atoms with Crippen molar-refractivity contribution in [2.24, 2.45) is 0 Å². The molecule has 86 valence electrons. The third-order valence-corrected chi connectivity index (χ3v) is 4.74. The standard InChI is InChI=1S/C11H5BrCl2N2S/c12-5-1-10(17-4-5)11-15-8-2-6(13)7(14)3-9(8)16-11/h1-4H,(H,15,16). The first-order chi connectivity index (χ1) is 8.13. The van der Waals surface area contributed by atoms with Crippen LogP contribution in [0.4, 0.5) is 0 Å². The van der Waals surface area contributed by atoms with Gasteiger partial charge in [-0.3, -0.25) is 0 Å². The van der Waals surface area contributed by atoms with E-state index in [0.717, 1.165) is 26.2 Å². The van der Waals surface area contributed by atoms with E-state index in [9.17, 15) is 0 Å². The molecule has 0 fully saturated rings. The average Bonchev–Trinajstić information content (AvgIpc) is 2.85. The Balaban J connectivity index is 2.19. The number of H-pyrrole nitrogens is 1. The number of aromatic nitrogens is 2. The molecule has 0 aliphatic carbocycles. The number of hydrogen-bond donors (Lipinski definition) is 1. The molecule has 0 saturated carbocycles. The van der Waals surface area contributed by atoms with Crippen molar-refractivity contribution in [1.29, 1.82) is 0 Å². The summed E-state index contributed by atoms with van der Waals surface area (Å²) in [6.07, 6.45) is 0. The number of benzene rings is 1. The summed E-state index contributed by atoms with van der Waals surface area (Å²) in [5, 5.41) is 3.06. The molecule has 2 heterocycles. The van der Waals surface area contributed by atoms with Gasteiger partial charge in [0.2, 0.25) is 0 Å². The fourth-order valence-corrected chi connectivity index (χ4v) is 3.25. The Morgan fingerprint density at radius 1 is 1.18 bits per heavy atom. The molecule has 0 spiro atoms. The lowest BCUT2D eigenvalue weighted by atomic mass is 10.3. The van der Waals surface area contributed by atoms with Crippen LogP contribution < -0.4 is 0 Å². The lowest BCUT2D eigenvalue weighted by Gasteiger charge is -1.93. The van der Waals surface area contributed by atoms with Crippen LogP contribution in [0.1, 0.15) is 0 Å². The third-order valence-electron chi connectivity index (χ3n) is 2.32. The molecule has 0 bridgehead atoms. The predicted octanol–water partition coefficient (Wildman–Crippen LogP) is 5.36. The Bertz CT molecular complexity index is 666. The second-order valence-corrected chi connectivity index (χ2v) is 6.14. The van der Waals surface area contributed by atoms with Crippen molar-refractivity contribution < 1.29 is 0 Å². The molecule has 1 aromatic carbocycles. The Morgan fingerprint density at radius 3 is 2.65 bits per heavy atom. The molecule has 3 aromatic rings. The van der Waals surface area contributed by atoms with Crippen LogP contribution in [0, 0.1) is 0 Å². The summed E-state index contributed by atoms with van der Waals surface area (Å²) in [5.74, 6) is 0.828. The Labute approximate surface area is 120 Å². The topological polar surface area (TPSA) is 28.7 Å².